The summed E-state index contributed by atoms with van der Waals surface area (Å²) in [6, 6.07) is 11.0. The van der Waals surface area contributed by atoms with E-state index >= 15 is 0 Å². The van der Waals surface area contributed by atoms with E-state index in [0.717, 1.165) is 12.1 Å². The van der Waals surface area contributed by atoms with Gasteiger partial charge in [0.2, 0.25) is 0 Å². The maximum absolute atomic E-state index is 12.9. The number of hydrogen-bond donors (Lipinski definition) is 1. The minimum absolute atomic E-state index is 0.0312. The SMILES string of the molecule is Cn1c(=O)c(-c2cccc(C(F)(F)F)c2)c(O)c2ccccc21. The van der Waals surface area contributed by atoms with E-state index in [1.165, 1.54) is 23.7 Å². The summed E-state index contributed by atoms with van der Waals surface area (Å²) in [5.41, 5.74) is -1.03. The number of alkyl halides is 3. The van der Waals surface area contributed by atoms with Gasteiger partial charge in [0.25, 0.3) is 5.56 Å². The van der Waals surface area contributed by atoms with Crippen LogP contribution in [0.2, 0.25) is 0 Å². The molecular formula is C17H12F3NO2. The smallest absolute Gasteiger partial charge is 0.416 e. The van der Waals surface area contributed by atoms with Crippen LogP contribution in [-0.2, 0) is 13.2 Å². The van der Waals surface area contributed by atoms with Crippen molar-refractivity contribution in [1.82, 2.24) is 4.57 Å². The summed E-state index contributed by atoms with van der Waals surface area (Å²) in [7, 11) is 1.52. The molecule has 1 N–H and O–H groups in total. The van der Waals surface area contributed by atoms with Crippen LogP contribution in [0, 0.1) is 0 Å². The third-order valence-electron chi connectivity index (χ3n) is 3.75. The molecule has 0 aliphatic rings. The largest absolute Gasteiger partial charge is 0.506 e. The summed E-state index contributed by atoms with van der Waals surface area (Å²) in [6.45, 7) is 0. The molecule has 0 saturated heterocycles. The quantitative estimate of drug-likeness (QED) is 0.738. The Labute approximate surface area is 129 Å². The van der Waals surface area contributed by atoms with Crippen LogP contribution in [0.5, 0.6) is 5.75 Å². The first-order chi connectivity index (χ1) is 10.8. The van der Waals surface area contributed by atoms with Gasteiger partial charge < -0.3 is 9.67 Å². The molecule has 1 aromatic heterocycles. The summed E-state index contributed by atoms with van der Waals surface area (Å²) < 4.78 is 39.9. The first kappa shape index (κ1) is 15.1. The second-order valence-corrected chi connectivity index (χ2v) is 5.18. The Balaban J connectivity index is 2.36. The molecule has 0 amide bonds. The van der Waals surface area contributed by atoms with Crippen molar-refractivity contribution in [2.24, 2.45) is 7.05 Å². The Bertz CT molecular complexity index is 958. The van der Waals surface area contributed by atoms with Crippen LogP contribution in [0.3, 0.4) is 0 Å². The number of aromatic hydroxyl groups is 1. The topological polar surface area (TPSA) is 42.2 Å². The number of halogens is 3. The second-order valence-electron chi connectivity index (χ2n) is 5.18. The number of hydrogen-bond acceptors (Lipinski definition) is 2. The normalized spacial score (nSPS) is 11.8. The lowest BCUT2D eigenvalue weighted by atomic mass is 10.0. The summed E-state index contributed by atoms with van der Waals surface area (Å²) in [5.74, 6) is -0.317. The van der Waals surface area contributed by atoms with E-state index in [4.69, 9.17) is 0 Å². The molecule has 0 aliphatic heterocycles. The lowest BCUT2D eigenvalue weighted by Crippen LogP contribution is -2.19. The predicted molar refractivity (Wildman–Crippen MR) is 81.3 cm³/mol. The zero-order valence-electron chi connectivity index (χ0n) is 12.1. The number of rotatable bonds is 1. The summed E-state index contributed by atoms with van der Waals surface area (Å²) >= 11 is 0. The average molecular weight is 319 g/mol. The molecule has 0 radical (unpaired) electrons. The number of aryl methyl sites for hydroxylation is 1. The van der Waals surface area contributed by atoms with Gasteiger partial charge >= 0.3 is 6.18 Å². The number of pyridine rings is 1. The van der Waals surface area contributed by atoms with Crippen molar-refractivity contribution in [3.63, 3.8) is 0 Å². The minimum atomic E-state index is -4.52. The van der Waals surface area contributed by atoms with Crippen LogP contribution in [0.15, 0.2) is 53.3 Å². The molecule has 6 heteroatoms. The van der Waals surface area contributed by atoms with E-state index in [9.17, 15) is 23.1 Å². The van der Waals surface area contributed by atoms with E-state index in [2.05, 4.69) is 0 Å². The van der Waals surface area contributed by atoms with Gasteiger partial charge in [0, 0.05) is 12.4 Å². The van der Waals surface area contributed by atoms with Crippen molar-refractivity contribution < 1.29 is 18.3 Å². The summed E-state index contributed by atoms with van der Waals surface area (Å²) in [4.78, 5) is 12.5. The van der Waals surface area contributed by atoms with Crippen molar-refractivity contribution >= 4 is 10.9 Å². The highest BCUT2D eigenvalue weighted by Crippen LogP contribution is 2.36. The zero-order chi connectivity index (χ0) is 16.8. The third-order valence-corrected chi connectivity index (χ3v) is 3.75. The highest BCUT2D eigenvalue weighted by atomic mass is 19.4. The number of benzene rings is 2. The maximum Gasteiger partial charge on any atom is 0.416 e. The fourth-order valence-electron chi connectivity index (χ4n) is 2.59. The van der Waals surface area contributed by atoms with Crippen molar-refractivity contribution in [2.45, 2.75) is 6.18 Å². The fourth-order valence-corrected chi connectivity index (χ4v) is 2.59. The van der Waals surface area contributed by atoms with Crippen molar-refractivity contribution in [3.05, 3.63) is 64.4 Å². The van der Waals surface area contributed by atoms with Crippen molar-refractivity contribution in [1.29, 1.82) is 0 Å². The van der Waals surface area contributed by atoms with Crippen LogP contribution in [0.1, 0.15) is 5.56 Å². The van der Waals surface area contributed by atoms with Gasteiger partial charge in [-0.2, -0.15) is 13.2 Å². The molecule has 2 aromatic carbocycles. The predicted octanol–water partition coefficient (Wildman–Crippen LogP) is 3.93. The molecular weight excluding hydrogens is 307 g/mol. The van der Waals surface area contributed by atoms with Gasteiger partial charge in [-0.25, -0.2) is 0 Å². The van der Waals surface area contributed by atoms with Crippen LogP contribution in [0.25, 0.3) is 22.0 Å². The Hall–Kier alpha value is -2.76. The number of fused-ring (bicyclic) bond motifs is 1. The molecule has 0 saturated carbocycles. The molecule has 0 spiro atoms. The molecule has 0 fully saturated rings. The molecule has 3 rings (SSSR count). The van der Waals surface area contributed by atoms with Gasteiger partial charge in [-0.05, 0) is 29.8 Å². The first-order valence-electron chi connectivity index (χ1n) is 6.79. The van der Waals surface area contributed by atoms with Crippen molar-refractivity contribution in [2.75, 3.05) is 0 Å². The van der Waals surface area contributed by atoms with E-state index in [0.29, 0.717) is 10.9 Å². The molecule has 23 heavy (non-hydrogen) atoms. The minimum Gasteiger partial charge on any atom is -0.506 e. The third kappa shape index (κ3) is 2.46. The molecule has 0 atom stereocenters. The average Bonchev–Trinajstić information content (AvgIpc) is 2.52. The highest BCUT2D eigenvalue weighted by molar-refractivity contribution is 5.92. The fraction of sp³-hybridized carbons (Fsp3) is 0.118. The molecule has 0 bridgehead atoms. The second kappa shape index (κ2) is 5.15. The van der Waals surface area contributed by atoms with Crippen LogP contribution in [0.4, 0.5) is 13.2 Å². The maximum atomic E-state index is 12.9. The monoisotopic (exact) mass is 319 g/mol. The molecule has 1 heterocycles. The molecule has 0 unspecified atom stereocenters. The Morgan fingerprint density at radius 1 is 1.04 bits per heavy atom. The lowest BCUT2D eigenvalue weighted by Gasteiger charge is -2.13. The van der Waals surface area contributed by atoms with Gasteiger partial charge in [-0.1, -0.05) is 24.3 Å². The standard InChI is InChI=1S/C17H12F3NO2/c1-21-13-8-3-2-7-12(13)15(22)14(16(21)23)10-5-4-6-11(9-10)17(18,19)20/h2-9,22H,1H3. The Morgan fingerprint density at radius 2 is 1.74 bits per heavy atom. The number of nitrogens with zero attached hydrogens (tertiary/aromatic N) is 1. The lowest BCUT2D eigenvalue weighted by molar-refractivity contribution is -0.137. The number of aromatic nitrogens is 1. The zero-order valence-corrected chi connectivity index (χ0v) is 12.1. The molecule has 0 aliphatic carbocycles. The van der Waals surface area contributed by atoms with Gasteiger partial charge in [-0.3, -0.25) is 4.79 Å². The van der Waals surface area contributed by atoms with E-state index in [1.807, 2.05) is 0 Å². The Kier molecular flexibility index (Phi) is 3.39. The van der Waals surface area contributed by atoms with Gasteiger partial charge in [0.05, 0.1) is 16.6 Å². The van der Waals surface area contributed by atoms with Crippen molar-refractivity contribution in [3.8, 4) is 16.9 Å². The van der Waals surface area contributed by atoms with Gasteiger partial charge in [-0.15, -0.1) is 0 Å². The van der Waals surface area contributed by atoms with Crippen LogP contribution >= 0.6 is 0 Å². The summed E-state index contributed by atoms with van der Waals surface area (Å²) in [6.07, 6.45) is -4.52. The van der Waals surface area contributed by atoms with Crippen LogP contribution < -0.4 is 5.56 Å². The number of para-hydroxylation sites is 1. The van der Waals surface area contributed by atoms with Crippen LogP contribution in [-0.4, -0.2) is 9.67 Å². The summed E-state index contributed by atoms with van der Waals surface area (Å²) in [5, 5.41) is 10.8. The van der Waals surface area contributed by atoms with E-state index in [-0.39, 0.29) is 16.9 Å². The highest BCUT2D eigenvalue weighted by Gasteiger charge is 2.31. The molecule has 3 aromatic rings. The Morgan fingerprint density at radius 3 is 2.43 bits per heavy atom. The van der Waals surface area contributed by atoms with E-state index in [1.54, 1.807) is 24.3 Å². The molecule has 118 valence electrons. The van der Waals surface area contributed by atoms with Gasteiger partial charge in [0.1, 0.15) is 5.75 Å². The van der Waals surface area contributed by atoms with E-state index < -0.39 is 17.3 Å². The molecule has 3 nitrogen and oxygen atoms in total. The van der Waals surface area contributed by atoms with Gasteiger partial charge in [0.15, 0.2) is 0 Å². The first-order valence-corrected chi connectivity index (χ1v) is 6.79.